The van der Waals surface area contributed by atoms with E-state index in [9.17, 15) is 17.2 Å². The molecule has 0 atom stereocenters. The number of hydrogen-bond donors (Lipinski definition) is 2. The minimum atomic E-state index is -4.26. The van der Waals surface area contributed by atoms with Gasteiger partial charge in [-0.25, -0.2) is 17.2 Å². The van der Waals surface area contributed by atoms with Gasteiger partial charge in [-0.2, -0.15) is 0 Å². The number of sulfonamides is 1. The Labute approximate surface area is 119 Å². The van der Waals surface area contributed by atoms with Crippen LogP contribution in [0.15, 0.2) is 41.3 Å². The molecule has 0 aliphatic heterocycles. The summed E-state index contributed by atoms with van der Waals surface area (Å²) in [6, 6.07) is 6.77. The summed E-state index contributed by atoms with van der Waals surface area (Å²) in [4.78, 5) is -0.702. The molecule has 0 bridgehead atoms. The fourth-order valence-corrected chi connectivity index (χ4v) is 3.02. The van der Waals surface area contributed by atoms with Gasteiger partial charge in [0.1, 0.15) is 10.7 Å². The van der Waals surface area contributed by atoms with Crippen LogP contribution in [0.2, 0.25) is 5.02 Å². The number of rotatable bonds is 3. The molecular weight excluding hydrogens is 310 g/mol. The van der Waals surface area contributed by atoms with Crippen LogP contribution in [0.1, 0.15) is 0 Å². The van der Waals surface area contributed by atoms with Gasteiger partial charge in [-0.05, 0) is 30.3 Å². The first-order valence-electron chi connectivity index (χ1n) is 5.32. The maximum atomic E-state index is 13.8. The van der Waals surface area contributed by atoms with Gasteiger partial charge in [0.05, 0.1) is 11.4 Å². The highest BCUT2D eigenvalue weighted by Gasteiger charge is 2.22. The molecule has 0 unspecified atom stereocenters. The Hall–Kier alpha value is -1.86. The molecule has 8 heteroatoms. The zero-order chi connectivity index (χ0) is 14.9. The smallest absolute Gasteiger partial charge is 0.264 e. The second-order valence-electron chi connectivity index (χ2n) is 3.92. The normalized spacial score (nSPS) is 11.3. The summed E-state index contributed by atoms with van der Waals surface area (Å²) in [6.45, 7) is 0. The summed E-state index contributed by atoms with van der Waals surface area (Å²) in [6.07, 6.45) is 0. The lowest BCUT2D eigenvalue weighted by atomic mass is 10.3. The van der Waals surface area contributed by atoms with Crippen molar-refractivity contribution < 1.29 is 17.2 Å². The summed E-state index contributed by atoms with van der Waals surface area (Å²) < 4.78 is 52.9. The van der Waals surface area contributed by atoms with Crippen LogP contribution in [-0.4, -0.2) is 8.42 Å². The van der Waals surface area contributed by atoms with Crippen molar-refractivity contribution in [3.05, 3.63) is 53.1 Å². The van der Waals surface area contributed by atoms with Gasteiger partial charge in [-0.3, -0.25) is 4.72 Å². The zero-order valence-corrected chi connectivity index (χ0v) is 11.5. The fraction of sp³-hybridized carbons (Fsp3) is 0. The molecule has 0 amide bonds. The summed E-state index contributed by atoms with van der Waals surface area (Å²) in [5.41, 5.74) is 4.89. The molecule has 0 heterocycles. The molecule has 2 aromatic rings. The first-order chi connectivity index (χ1) is 9.29. The standard InChI is InChI=1S/C12H9ClF2N2O2S/c13-7-4-10(16)12(15)11(5-7)20(18,19)17-9-3-1-2-8(14)6-9/h1-6,17H,16H2. The van der Waals surface area contributed by atoms with Crippen LogP contribution < -0.4 is 10.5 Å². The average Bonchev–Trinajstić information content (AvgIpc) is 2.33. The highest BCUT2D eigenvalue weighted by atomic mass is 35.5. The van der Waals surface area contributed by atoms with E-state index in [-0.39, 0.29) is 10.7 Å². The third kappa shape index (κ3) is 3.00. The lowest BCUT2D eigenvalue weighted by Crippen LogP contribution is -2.15. The number of nitrogen functional groups attached to an aromatic ring is 1. The van der Waals surface area contributed by atoms with Crippen LogP contribution in [-0.2, 0) is 10.0 Å². The van der Waals surface area contributed by atoms with E-state index < -0.39 is 32.2 Å². The molecule has 2 rings (SSSR count). The maximum absolute atomic E-state index is 13.8. The Bertz CT molecular complexity index is 766. The van der Waals surface area contributed by atoms with Crippen LogP contribution in [0.25, 0.3) is 0 Å². The number of hydrogen-bond acceptors (Lipinski definition) is 3. The van der Waals surface area contributed by atoms with Crippen molar-refractivity contribution in [1.82, 2.24) is 0 Å². The number of benzene rings is 2. The van der Waals surface area contributed by atoms with Crippen molar-refractivity contribution >= 4 is 33.0 Å². The van der Waals surface area contributed by atoms with E-state index in [1.807, 2.05) is 4.72 Å². The molecule has 4 nitrogen and oxygen atoms in total. The minimum absolute atomic E-state index is 0.0245. The third-order valence-electron chi connectivity index (χ3n) is 2.40. The molecule has 0 spiro atoms. The molecule has 3 N–H and O–H groups in total. The van der Waals surface area contributed by atoms with Gasteiger partial charge in [-0.15, -0.1) is 0 Å². The second kappa shape index (κ2) is 5.26. The van der Waals surface area contributed by atoms with E-state index in [0.29, 0.717) is 0 Å². The Morgan fingerprint density at radius 2 is 1.85 bits per heavy atom. The van der Waals surface area contributed by atoms with E-state index in [4.69, 9.17) is 17.3 Å². The molecule has 0 radical (unpaired) electrons. The Balaban J connectivity index is 2.46. The van der Waals surface area contributed by atoms with Crippen LogP contribution in [0.4, 0.5) is 20.2 Å². The molecule has 0 aliphatic carbocycles. The minimum Gasteiger partial charge on any atom is -0.396 e. The van der Waals surface area contributed by atoms with Crippen LogP contribution in [0, 0.1) is 11.6 Å². The summed E-state index contributed by atoms with van der Waals surface area (Å²) in [7, 11) is -4.26. The van der Waals surface area contributed by atoms with Gasteiger partial charge >= 0.3 is 0 Å². The van der Waals surface area contributed by atoms with Crippen molar-refractivity contribution in [3.8, 4) is 0 Å². The van der Waals surface area contributed by atoms with Crippen molar-refractivity contribution in [1.29, 1.82) is 0 Å². The largest absolute Gasteiger partial charge is 0.396 e. The highest BCUT2D eigenvalue weighted by Crippen LogP contribution is 2.26. The predicted molar refractivity (Wildman–Crippen MR) is 73.0 cm³/mol. The van der Waals surface area contributed by atoms with E-state index in [1.165, 1.54) is 12.1 Å². The van der Waals surface area contributed by atoms with Crippen molar-refractivity contribution in [2.45, 2.75) is 4.90 Å². The zero-order valence-electron chi connectivity index (χ0n) is 9.90. The molecule has 20 heavy (non-hydrogen) atoms. The fourth-order valence-electron chi connectivity index (χ4n) is 1.54. The molecule has 0 aromatic heterocycles. The third-order valence-corrected chi connectivity index (χ3v) is 4.00. The van der Waals surface area contributed by atoms with E-state index in [0.717, 1.165) is 24.3 Å². The quantitative estimate of drug-likeness (QED) is 0.854. The lowest BCUT2D eigenvalue weighted by molar-refractivity contribution is 0.573. The number of nitrogens with one attached hydrogen (secondary N) is 1. The Kier molecular flexibility index (Phi) is 3.82. The Morgan fingerprint density at radius 3 is 2.50 bits per heavy atom. The predicted octanol–water partition coefficient (Wildman–Crippen LogP) is 3.00. The van der Waals surface area contributed by atoms with Crippen molar-refractivity contribution in [2.75, 3.05) is 10.5 Å². The highest BCUT2D eigenvalue weighted by molar-refractivity contribution is 7.92. The maximum Gasteiger partial charge on any atom is 0.264 e. The molecule has 0 saturated heterocycles. The van der Waals surface area contributed by atoms with Crippen LogP contribution in [0.5, 0.6) is 0 Å². The SMILES string of the molecule is Nc1cc(Cl)cc(S(=O)(=O)Nc2cccc(F)c2)c1F. The summed E-state index contributed by atoms with van der Waals surface area (Å²) in [5.74, 6) is -1.74. The first-order valence-corrected chi connectivity index (χ1v) is 7.18. The van der Waals surface area contributed by atoms with Gasteiger partial charge in [0, 0.05) is 5.02 Å². The van der Waals surface area contributed by atoms with E-state index >= 15 is 0 Å². The van der Waals surface area contributed by atoms with Gasteiger partial charge in [-0.1, -0.05) is 17.7 Å². The number of halogens is 3. The topological polar surface area (TPSA) is 72.2 Å². The first kappa shape index (κ1) is 14.5. The Morgan fingerprint density at radius 1 is 1.15 bits per heavy atom. The molecule has 0 aliphatic rings. The second-order valence-corrected chi connectivity index (χ2v) is 6.01. The van der Waals surface area contributed by atoms with E-state index in [2.05, 4.69) is 0 Å². The van der Waals surface area contributed by atoms with Gasteiger partial charge in [0.2, 0.25) is 0 Å². The number of nitrogens with two attached hydrogens (primary N) is 1. The molecule has 0 saturated carbocycles. The van der Waals surface area contributed by atoms with Gasteiger partial charge in [0.25, 0.3) is 10.0 Å². The molecule has 2 aromatic carbocycles. The average molecular weight is 319 g/mol. The number of anilines is 2. The lowest BCUT2D eigenvalue weighted by Gasteiger charge is -2.10. The van der Waals surface area contributed by atoms with Crippen molar-refractivity contribution in [2.24, 2.45) is 0 Å². The van der Waals surface area contributed by atoms with Gasteiger partial charge < -0.3 is 5.73 Å². The van der Waals surface area contributed by atoms with Crippen molar-refractivity contribution in [3.63, 3.8) is 0 Å². The summed E-state index contributed by atoms with van der Waals surface area (Å²) >= 11 is 5.66. The van der Waals surface area contributed by atoms with Crippen LogP contribution in [0.3, 0.4) is 0 Å². The molecule has 0 fully saturated rings. The molecular formula is C12H9ClF2N2O2S. The van der Waals surface area contributed by atoms with E-state index in [1.54, 1.807) is 0 Å². The monoisotopic (exact) mass is 318 g/mol. The summed E-state index contributed by atoms with van der Waals surface area (Å²) in [5, 5.41) is -0.0245. The van der Waals surface area contributed by atoms with Gasteiger partial charge in [0.15, 0.2) is 5.82 Å². The molecule has 106 valence electrons. The van der Waals surface area contributed by atoms with Crippen LogP contribution >= 0.6 is 11.6 Å².